The summed E-state index contributed by atoms with van der Waals surface area (Å²) in [6, 6.07) is 9.73. The molecule has 0 saturated heterocycles. The summed E-state index contributed by atoms with van der Waals surface area (Å²) in [4.78, 5) is 11.7. The van der Waals surface area contributed by atoms with Gasteiger partial charge in [0.1, 0.15) is 0 Å². The molecule has 1 unspecified atom stereocenters. The molecule has 1 aliphatic rings. The van der Waals surface area contributed by atoms with E-state index >= 15 is 0 Å². The Bertz CT molecular complexity index is 476. The highest BCUT2D eigenvalue weighted by Gasteiger charge is 2.40. The number of ether oxygens (including phenoxy) is 2. The molecule has 2 N–H and O–H groups in total. The van der Waals surface area contributed by atoms with E-state index in [1.807, 2.05) is 30.3 Å². The minimum Gasteiger partial charge on any atom is -0.466 e. The van der Waals surface area contributed by atoms with Gasteiger partial charge in [0.25, 0.3) is 0 Å². The number of hydrogen-bond donors (Lipinski definition) is 2. The second kappa shape index (κ2) is 9.01. The molecule has 0 aromatic heterocycles. The summed E-state index contributed by atoms with van der Waals surface area (Å²) >= 11 is 0. The highest BCUT2D eigenvalue weighted by molar-refractivity contribution is 5.69. The Labute approximate surface area is 137 Å². The molecule has 0 aliphatic heterocycles. The number of carbonyl (C=O) groups is 1. The van der Waals surface area contributed by atoms with Gasteiger partial charge in [-0.1, -0.05) is 30.3 Å². The Balaban J connectivity index is 1.82. The average Bonchev–Trinajstić information content (AvgIpc) is 2.89. The monoisotopic (exact) mass is 322 g/mol. The van der Waals surface area contributed by atoms with Crippen LogP contribution < -0.4 is 0 Å². The van der Waals surface area contributed by atoms with Gasteiger partial charge in [0.15, 0.2) is 0 Å². The standard InChI is InChI=1S/C18H26O5/c1-2-23-17(21)10-14-8-9-15(19)18(14)16(20)12-22-11-13-6-4-3-5-7-13/h3-7,14-16,18-20H,2,8-12H2,1H3/t14-,15?,16+,18+/m1/s1. The zero-order chi connectivity index (χ0) is 16.7. The minimum atomic E-state index is -0.782. The van der Waals surface area contributed by atoms with Crippen LogP contribution in [0.2, 0.25) is 0 Å². The number of carbonyl (C=O) groups excluding carboxylic acids is 1. The topological polar surface area (TPSA) is 76.0 Å². The van der Waals surface area contributed by atoms with Gasteiger partial charge in [-0.2, -0.15) is 0 Å². The molecule has 2 rings (SSSR count). The fourth-order valence-electron chi connectivity index (χ4n) is 3.31. The van der Waals surface area contributed by atoms with Crippen molar-refractivity contribution in [2.75, 3.05) is 13.2 Å². The Morgan fingerprint density at radius 1 is 1.30 bits per heavy atom. The lowest BCUT2D eigenvalue weighted by Crippen LogP contribution is -2.36. The summed E-state index contributed by atoms with van der Waals surface area (Å²) in [5.74, 6) is -0.663. The van der Waals surface area contributed by atoms with Crippen LogP contribution >= 0.6 is 0 Å². The normalized spacial score (nSPS) is 25.3. The Kier molecular flexibility index (Phi) is 7.02. The van der Waals surface area contributed by atoms with E-state index in [2.05, 4.69) is 0 Å². The molecule has 23 heavy (non-hydrogen) atoms. The third kappa shape index (κ3) is 5.30. The van der Waals surface area contributed by atoms with E-state index in [1.54, 1.807) is 6.92 Å². The SMILES string of the molecule is CCOC(=O)C[C@H]1CCC(O)[C@H]1[C@@H](O)COCc1ccccc1. The average molecular weight is 322 g/mol. The van der Waals surface area contributed by atoms with Crippen LogP contribution in [0.4, 0.5) is 0 Å². The number of rotatable bonds is 8. The van der Waals surface area contributed by atoms with Gasteiger partial charge >= 0.3 is 5.97 Å². The van der Waals surface area contributed by atoms with Crippen molar-refractivity contribution >= 4 is 5.97 Å². The molecular weight excluding hydrogens is 296 g/mol. The maximum atomic E-state index is 11.7. The van der Waals surface area contributed by atoms with Crippen LogP contribution in [0, 0.1) is 11.8 Å². The molecule has 1 aliphatic carbocycles. The van der Waals surface area contributed by atoms with Gasteiger partial charge in [-0.15, -0.1) is 0 Å². The fraction of sp³-hybridized carbons (Fsp3) is 0.611. The van der Waals surface area contributed by atoms with E-state index in [9.17, 15) is 15.0 Å². The molecule has 1 aromatic rings. The third-order valence-corrected chi connectivity index (χ3v) is 4.40. The predicted molar refractivity (Wildman–Crippen MR) is 85.6 cm³/mol. The van der Waals surface area contributed by atoms with E-state index in [4.69, 9.17) is 9.47 Å². The summed E-state index contributed by atoms with van der Waals surface area (Å²) in [5.41, 5.74) is 1.04. The molecule has 5 nitrogen and oxygen atoms in total. The highest BCUT2D eigenvalue weighted by atomic mass is 16.5. The van der Waals surface area contributed by atoms with Crippen molar-refractivity contribution in [1.82, 2.24) is 0 Å². The summed E-state index contributed by atoms with van der Waals surface area (Å²) in [6.07, 6.45) is 0.191. The molecule has 1 aromatic carbocycles. The number of aliphatic hydroxyl groups is 2. The molecule has 1 saturated carbocycles. The van der Waals surface area contributed by atoms with Crippen molar-refractivity contribution in [1.29, 1.82) is 0 Å². The van der Waals surface area contributed by atoms with Gasteiger partial charge < -0.3 is 19.7 Å². The first-order valence-corrected chi connectivity index (χ1v) is 8.25. The molecule has 1 fully saturated rings. The summed E-state index contributed by atoms with van der Waals surface area (Å²) < 4.78 is 10.5. The molecule has 0 heterocycles. The maximum absolute atomic E-state index is 11.7. The van der Waals surface area contributed by atoms with Gasteiger partial charge in [-0.05, 0) is 31.2 Å². The van der Waals surface area contributed by atoms with Crippen molar-refractivity contribution < 1.29 is 24.5 Å². The number of benzene rings is 1. The molecule has 0 amide bonds. The summed E-state index contributed by atoms with van der Waals surface area (Å²) in [5, 5.41) is 20.5. The van der Waals surface area contributed by atoms with Crippen LogP contribution in [0.25, 0.3) is 0 Å². The Morgan fingerprint density at radius 3 is 2.74 bits per heavy atom. The van der Waals surface area contributed by atoms with Gasteiger partial charge in [-0.3, -0.25) is 4.79 Å². The number of hydrogen-bond acceptors (Lipinski definition) is 5. The van der Waals surface area contributed by atoms with Crippen molar-refractivity contribution in [3.63, 3.8) is 0 Å². The van der Waals surface area contributed by atoms with Gasteiger partial charge in [0.2, 0.25) is 0 Å². The van der Waals surface area contributed by atoms with E-state index in [1.165, 1.54) is 0 Å². The van der Waals surface area contributed by atoms with Crippen LogP contribution in [-0.2, 0) is 20.9 Å². The molecule has 0 bridgehead atoms. The van der Waals surface area contributed by atoms with Crippen molar-refractivity contribution in [3.8, 4) is 0 Å². The van der Waals surface area contributed by atoms with Gasteiger partial charge in [0.05, 0.1) is 32.0 Å². The van der Waals surface area contributed by atoms with Crippen LogP contribution in [0.15, 0.2) is 30.3 Å². The number of esters is 1. The first-order chi connectivity index (χ1) is 11.1. The Hall–Kier alpha value is -1.43. The molecule has 0 radical (unpaired) electrons. The van der Waals surface area contributed by atoms with Crippen LogP contribution in [-0.4, -0.2) is 41.6 Å². The summed E-state index contributed by atoms with van der Waals surface area (Å²) in [6.45, 7) is 2.69. The summed E-state index contributed by atoms with van der Waals surface area (Å²) in [7, 11) is 0. The van der Waals surface area contributed by atoms with Gasteiger partial charge in [0, 0.05) is 12.3 Å². The fourth-order valence-corrected chi connectivity index (χ4v) is 3.31. The molecular formula is C18H26O5. The molecule has 4 atom stereocenters. The van der Waals surface area contributed by atoms with E-state index in [0.717, 1.165) is 12.0 Å². The van der Waals surface area contributed by atoms with Crippen molar-refractivity contribution in [2.24, 2.45) is 11.8 Å². The predicted octanol–water partition coefficient (Wildman–Crippen LogP) is 1.90. The second-order valence-electron chi connectivity index (χ2n) is 6.06. The number of aliphatic hydroxyl groups excluding tert-OH is 2. The van der Waals surface area contributed by atoms with E-state index in [-0.39, 0.29) is 30.8 Å². The minimum absolute atomic E-state index is 0.0561. The van der Waals surface area contributed by atoms with Crippen LogP contribution in [0.5, 0.6) is 0 Å². The zero-order valence-corrected chi connectivity index (χ0v) is 13.6. The lowest BCUT2D eigenvalue weighted by Gasteiger charge is -2.26. The van der Waals surface area contributed by atoms with Crippen LogP contribution in [0.3, 0.4) is 0 Å². The smallest absolute Gasteiger partial charge is 0.306 e. The Morgan fingerprint density at radius 2 is 2.04 bits per heavy atom. The van der Waals surface area contributed by atoms with Crippen molar-refractivity contribution in [3.05, 3.63) is 35.9 Å². The van der Waals surface area contributed by atoms with Crippen molar-refractivity contribution in [2.45, 2.75) is 45.0 Å². The second-order valence-corrected chi connectivity index (χ2v) is 6.06. The highest BCUT2D eigenvalue weighted by Crippen LogP contribution is 2.37. The molecule has 0 spiro atoms. The van der Waals surface area contributed by atoms with Crippen LogP contribution in [0.1, 0.15) is 31.7 Å². The first kappa shape index (κ1) is 17.9. The van der Waals surface area contributed by atoms with E-state index in [0.29, 0.717) is 19.6 Å². The van der Waals surface area contributed by atoms with Gasteiger partial charge in [-0.25, -0.2) is 0 Å². The maximum Gasteiger partial charge on any atom is 0.306 e. The van der Waals surface area contributed by atoms with E-state index < -0.39 is 12.2 Å². The zero-order valence-electron chi connectivity index (χ0n) is 13.6. The third-order valence-electron chi connectivity index (χ3n) is 4.40. The lowest BCUT2D eigenvalue weighted by molar-refractivity contribution is -0.145. The molecule has 5 heteroatoms. The molecule has 128 valence electrons. The first-order valence-electron chi connectivity index (χ1n) is 8.25. The quantitative estimate of drug-likeness (QED) is 0.715. The largest absolute Gasteiger partial charge is 0.466 e. The lowest BCUT2D eigenvalue weighted by atomic mass is 9.87.